The van der Waals surface area contributed by atoms with Gasteiger partial charge in [0.05, 0.1) is 24.7 Å². The molecule has 2 amide bonds. The third-order valence-corrected chi connectivity index (χ3v) is 7.55. The minimum absolute atomic E-state index is 0.0522. The van der Waals surface area contributed by atoms with E-state index in [2.05, 4.69) is 64.9 Å². The molecule has 1 saturated heterocycles. The molecule has 232 valence electrons. The Morgan fingerprint density at radius 3 is 2.49 bits per heavy atom. The van der Waals surface area contributed by atoms with Crippen molar-refractivity contribution in [2.24, 2.45) is 5.41 Å². The molecule has 3 N–H and O–H groups in total. The van der Waals surface area contributed by atoms with Gasteiger partial charge in [-0.15, -0.1) is 5.10 Å². The number of nitrogens with zero attached hydrogens (tertiary/aromatic N) is 4. The minimum atomic E-state index is -0.287. The van der Waals surface area contributed by atoms with Gasteiger partial charge in [-0.05, 0) is 54.0 Å². The number of aryl methyl sites for hydroxylation is 1. The second-order valence-electron chi connectivity index (χ2n) is 13.8. The number of methoxy groups -OCH3 is 1. The molecule has 1 atom stereocenters. The van der Waals surface area contributed by atoms with Gasteiger partial charge in [0.2, 0.25) is 0 Å². The summed E-state index contributed by atoms with van der Waals surface area (Å²) in [5.41, 5.74) is 4.85. The molecular formula is C33H47N7O3. The second-order valence-corrected chi connectivity index (χ2v) is 13.8. The Kier molecular flexibility index (Phi) is 9.61. The van der Waals surface area contributed by atoms with Crippen molar-refractivity contribution in [3.63, 3.8) is 0 Å². The van der Waals surface area contributed by atoms with Crippen LogP contribution in [0.3, 0.4) is 0 Å². The molecule has 1 unspecified atom stereocenters. The van der Waals surface area contributed by atoms with Crippen molar-refractivity contribution in [3.8, 4) is 11.4 Å². The monoisotopic (exact) mass is 589 g/mol. The highest BCUT2D eigenvalue weighted by Crippen LogP contribution is 2.36. The number of ether oxygens (including phenoxy) is 1. The maximum atomic E-state index is 13.7. The number of hydrogen-bond donors (Lipinski definition) is 3. The number of amides is 2. The van der Waals surface area contributed by atoms with Crippen molar-refractivity contribution in [2.45, 2.75) is 73.4 Å². The van der Waals surface area contributed by atoms with Crippen molar-refractivity contribution in [2.75, 3.05) is 38.6 Å². The number of carbonyl (C=O) groups is 2. The van der Waals surface area contributed by atoms with Gasteiger partial charge >= 0.3 is 0 Å². The second kappa shape index (κ2) is 12.9. The number of hydrogen-bond acceptors (Lipinski definition) is 7. The molecule has 10 nitrogen and oxygen atoms in total. The highest BCUT2D eigenvalue weighted by molar-refractivity contribution is 6.05. The predicted octanol–water partition coefficient (Wildman–Crippen LogP) is 4.70. The first kappa shape index (κ1) is 32.2. The Bertz CT molecular complexity index is 1470. The van der Waals surface area contributed by atoms with Gasteiger partial charge in [-0.2, -0.15) is 0 Å². The van der Waals surface area contributed by atoms with Crippen LogP contribution in [0.4, 0.5) is 5.69 Å². The first-order valence-corrected chi connectivity index (χ1v) is 14.9. The van der Waals surface area contributed by atoms with Gasteiger partial charge in [0.15, 0.2) is 5.69 Å². The van der Waals surface area contributed by atoms with E-state index in [1.165, 1.54) is 4.68 Å². The Labute approximate surface area is 255 Å². The molecule has 1 aliphatic heterocycles. The maximum Gasteiger partial charge on any atom is 0.273 e. The van der Waals surface area contributed by atoms with E-state index >= 15 is 0 Å². The van der Waals surface area contributed by atoms with Crippen molar-refractivity contribution in [3.05, 3.63) is 64.5 Å². The molecule has 10 heteroatoms. The van der Waals surface area contributed by atoms with Gasteiger partial charge in [0.25, 0.3) is 11.8 Å². The molecular weight excluding hydrogens is 542 g/mol. The lowest BCUT2D eigenvalue weighted by Crippen LogP contribution is -2.48. The van der Waals surface area contributed by atoms with Gasteiger partial charge < -0.3 is 20.7 Å². The van der Waals surface area contributed by atoms with Crippen LogP contribution in [0.25, 0.3) is 5.69 Å². The number of rotatable bonds is 8. The van der Waals surface area contributed by atoms with Crippen molar-refractivity contribution in [1.82, 2.24) is 30.5 Å². The van der Waals surface area contributed by atoms with Crippen molar-refractivity contribution < 1.29 is 14.3 Å². The third-order valence-electron chi connectivity index (χ3n) is 7.55. The largest absolute Gasteiger partial charge is 0.494 e. The smallest absolute Gasteiger partial charge is 0.273 e. The van der Waals surface area contributed by atoms with Crippen molar-refractivity contribution >= 4 is 17.5 Å². The van der Waals surface area contributed by atoms with Gasteiger partial charge in [0, 0.05) is 49.9 Å². The first-order valence-electron chi connectivity index (χ1n) is 14.9. The standard InChI is InChI=1S/C33H47N7O3/c1-21-10-11-23(15-28(21)40-19-27(37-38-40)31(42)35-20-32(3,4)5)30(41)36-26-16-25(33(6,7)8)14-24(29(26)43-9)18-39-13-12-34-22(2)17-39/h10-11,14-16,19,22,34H,12-13,17-18,20H2,1-9H3,(H,35,42)(H,36,41). The van der Waals surface area contributed by atoms with Crippen LogP contribution in [0.15, 0.2) is 36.5 Å². The molecule has 2 heterocycles. The first-order chi connectivity index (χ1) is 20.1. The number of benzene rings is 2. The van der Waals surface area contributed by atoms with E-state index in [0.717, 1.165) is 42.9 Å². The summed E-state index contributed by atoms with van der Waals surface area (Å²) < 4.78 is 7.44. The summed E-state index contributed by atoms with van der Waals surface area (Å²) in [4.78, 5) is 28.7. The summed E-state index contributed by atoms with van der Waals surface area (Å²) in [5, 5.41) is 17.8. The minimum Gasteiger partial charge on any atom is -0.494 e. The lowest BCUT2D eigenvalue weighted by Gasteiger charge is -2.33. The number of piperazine rings is 1. The van der Waals surface area contributed by atoms with Crippen LogP contribution in [-0.2, 0) is 12.0 Å². The zero-order valence-electron chi connectivity index (χ0n) is 27.1. The molecule has 1 aromatic heterocycles. The number of nitrogens with one attached hydrogen (secondary N) is 3. The van der Waals surface area contributed by atoms with Crippen LogP contribution in [0.1, 0.15) is 86.0 Å². The molecule has 4 rings (SSSR count). The fraction of sp³-hybridized carbons (Fsp3) is 0.515. The van der Waals surface area contributed by atoms with E-state index < -0.39 is 0 Å². The van der Waals surface area contributed by atoms with Gasteiger partial charge in [-0.25, -0.2) is 4.68 Å². The molecule has 0 aliphatic carbocycles. The van der Waals surface area contributed by atoms with E-state index in [9.17, 15) is 9.59 Å². The number of aromatic nitrogens is 3. The third kappa shape index (κ3) is 8.20. The topological polar surface area (TPSA) is 113 Å². The Balaban J connectivity index is 1.61. The van der Waals surface area contributed by atoms with Crippen LogP contribution < -0.4 is 20.7 Å². The Morgan fingerprint density at radius 1 is 1.09 bits per heavy atom. The Hall–Kier alpha value is -3.76. The molecule has 0 spiro atoms. The lowest BCUT2D eigenvalue weighted by molar-refractivity contribution is 0.0933. The molecule has 3 aromatic rings. The molecule has 1 fully saturated rings. The highest BCUT2D eigenvalue weighted by atomic mass is 16.5. The molecule has 0 radical (unpaired) electrons. The zero-order valence-corrected chi connectivity index (χ0v) is 27.1. The van der Waals surface area contributed by atoms with Gasteiger partial charge in [0.1, 0.15) is 5.75 Å². The molecule has 0 bridgehead atoms. The lowest BCUT2D eigenvalue weighted by atomic mass is 9.85. The van der Waals surface area contributed by atoms with E-state index in [-0.39, 0.29) is 28.3 Å². The van der Waals surface area contributed by atoms with Crippen LogP contribution in [0.5, 0.6) is 5.75 Å². The van der Waals surface area contributed by atoms with E-state index in [1.54, 1.807) is 25.4 Å². The summed E-state index contributed by atoms with van der Waals surface area (Å²) in [5.74, 6) is 0.113. The quantitative estimate of drug-likeness (QED) is 0.349. The van der Waals surface area contributed by atoms with Crippen molar-refractivity contribution in [1.29, 1.82) is 0 Å². The number of anilines is 1. The molecule has 2 aromatic carbocycles. The summed E-state index contributed by atoms with van der Waals surface area (Å²) in [6.07, 6.45) is 1.58. The van der Waals surface area contributed by atoms with Crippen LogP contribution in [0, 0.1) is 12.3 Å². The Morgan fingerprint density at radius 2 is 1.84 bits per heavy atom. The van der Waals surface area contributed by atoms with E-state index in [1.807, 2.05) is 39.8 Å². The van der Waals surface area contributed by atoms with E-state index in [4.69, 9.17) is 4.74 Å². The normalized spacial score (nSPS) is 16.2. The summed E-state index contributed by atoms with van der Waals surface area (Å²) in [6, 6.07) is 10.0. The predicted molar refractivity (Wildman–Crippen MR) is 170 cm³/mol. The molecule has 0 saturated carbocycles. The van der Waals surface area contributed by atoms with Gasteiger partial charge in [-0.1, -0.05) is 58.9 Å². The van der Waals surface area contributed by atoms with Crippen LogP contribution >= 0.6 is 0 Å². The fourth-order valence-electron chi connectivity index (χ4n) is 5.08. The summed E-state index contributed by atoms with van der Waals surface area (Å²) in [7, 11) is 1.65. The zero-order chi connectivity index (χ0) is 31.5. The fourth-order valence-corrected chi connectivity index (χ4v) is 5.08. The SMILES string of the molecule is COc1c(CN2CCNC(C)C2)cc(C(C)(C)C)cc1NC(=O)c1ccc(C)c(-n2cc(C(=O)NCC(C)(C)C)nn2)c1. The molecule has 43 heavy (non-hydrogen) atoms. The van der Waals surface area contributed by atoms with Crippen LogP contribution in [0.2, 0.25) is 0 Å². The van der Waals surface area contributed by atoms with Gasteiger partial charge in [-0.3, -0.25) is 14.5 Å². The highest BCUT2D eigenvalue weighted by Gasteiger charge is 2.24. The van der Waals surface area contributed by atoms with Crippen LogP contribution in [-0.4, -0.2) is 71.0 Å². The average molecular weight is 590 g/mol. The molecule has 1 aliphatic rings. The average Bonchev–Trinajstić information content (AvgIpc) is 3.41. The summed E-state index contributed by atoms with van der Waals surface area (Å²) in [6.45, 7) is 20.8. The summed E-state index contributed by atoms with van der Waals surface area (Å²) >= 11 is 0. The van der Waals surface area contributed by atoms with E-state index in [0.29, 0.717) is 35.3 Å². The maximum absolute atomic E-state index is 13.7. The number of carbonyl (C=O) groups excluding carboxylic acids is 2.